The molecule has 0 atom stereocenters. The molecule has 0 fully saturated rings. The van der Waals surface area contributed by atoms with Gasteiger partial charge in [0.2, 0.25) is 0 Å². The zero-order valence-corrected chi connectivity index (χ0v) is 15.0. The molecule has 0 aromatic carbocycles. The summed E-state index contributed by atoms with van der Waals surface area (Å²) in [7, 11) is 0. The van der Waals surface area contributed by atoms with Gasteiger partial charge in [0.05, 0.1) is 13.0 Å². The Morgan fingerprint density at radius 1 is 0.920 bits per heavy atom. The van der Waals surface area contributed by atoms with Gasteiger partial charge in [-0.05, 0) is 6.42 Å². The monoisotopic (exact) mass is 370 g/mol. The number of carboxylic acid groups (broad SMARTS) is 1. The van der Waals surface area contributed by atoms with E-state index in [4.69, 9.17) is 5.11 Å². The molecule has 0 aliphatic rings. The van der Waals surface area contributed by atoms with Gasteiger partial charge in [0, 0.05) is 5.57 Å². The van der Waals surface area contributed by atoms with Crippen LogP contribution < -0.4 is 0 Å². The van der Waals surface area contributed by atoms with Gasteiger partial charge >= 0.3 is 18.0 Å². The van der Waals surface area contributed by atoms with E-state index in [1.165, 1.54) is 25.7 Å². The second-order valence-electron chi connectivity index (χ2n) is 6.34. The molecule has 1 N–H and O–H groups in total. The van der Waals surface area contributed by atoms with Crippen molar-refractivity contribution in [3.63, 3.8) is 0 Å². The summed E-state index contributed by atoms with van der Waals surface area (Å²) >= 11 is 0. The number of carbonyl (C=O) groups is 1. The molecule has 25 heavy (non-hydrogen) atoms. The van der Waals surface area contributed by atoms with E-state index >= 15 is 0 Å². The number of alkyl halides is 4. The van der Waals surface area contributed by atoms with Crippen molar-refractivity contribution >= 4 is 5.97 Å². The van der Waals surface area contributed by atoms with E-state index in [1.54, 1.807) is 0 Å². The number of halogens is 4. The zero-order valence-electron chi connectivity index (χ0n) is 15.0. The Kier molecular flexibility index (Phi) is 11.7. The highest BCUT2D eigenvalue weighted by Crippen LogP contribution is 2.39. The highest BCUT2D eigenvalue weighted by molar-refractivity contribution is 5.85. The van der Waals surface area contributed by atoms with Crippen LogP contribution in [-0.2, 0) is 9.53 Å². The average molecular weight is 370 g/mol. The van der Waals surface area contributed by atoms with Crippen molar-refractivity contribution in [1.82, 2.24) is 0 Å². The van der Waals surface area contributed by atoms with Gasteiger partial charge in [-0.3, -0.25) is 0 Å². The van der Waals surface area contributed by atoms with E-state index in [1.807, 2.05) is 0 Å². The van der Waals surface area contributed by atoms with Crippen molar-refractivity contribution in [3.05, 3.63) is 12.2 Å². The summed E-state index contributed by atoms with van der Waals surface area (Å²) in [5.41, 5.74) is -0.979. The molecule has 0 bridgehead atoms. The van der Waals surface area contributed by atoms with Crippen molar-refractivity contribution in [1.29, 1.82) is 0 Å². The fourth-order valence-corrected chi connectivity index (χ4v) is 2.34. The molecule has 0 aromatic rings. The van der Waals surface area contributed by atoms with Crippen LogP contribution in [0.25, 0.3) is 0 Å². The largest absolute Gasteiger partial charge is 0.478 e. The van der Waals surface area contributed by atoms with Crippen molar-refractivity contribution in [2.75, 3.05) is 6.61 Å². The average Bonchev–Trinajstić information content (AvgIpc) is 2.51. The molecule has 0 saturated heterocycles. The van der Waals surface area contributed by atoms with Crippen LogP contribution >= 0.6 is 0 Å². The summed E-state index contributed by atoms with van der Waals surface area (Å²) in [6.07, 6.45) is 3.56. The van der Waals surface area contributed by atoms with E-state index in [-0.39, 0.29) is 6.42 Å². The van der Waals surface area contributed by atoms with Gasteiger partial charge in [-0.2, -0.15) is 17.6 Å². The molecule has 0 unspecified atom stereocenters. The van der Waals surface area contributed by atoms with Gasteiger partial charge in [0.1, 0.15) is 0 Å². The van der Waals surface area contributed by atoms with E-state index in [0.717, 1.165) is 25.7 Å². The van der Waals surface area contributed by atoms with Crippen molar-refractivity contribution in [3.8, 4) is 0 Å². The third kappa shape index (κ3) is 10.5. The maximum Gasteiger partial charge on any atom is 0.419 e. The summed E-state index contributed by atoms with van der Waals surface area (Å²) in [5.74, 6) is -6.33. The lowest BCUT2D eigenvalue weighted by atomic mass is 10.1. The van der Waals surface area contributed by atoms with Crippen LogP contribution in [0.5, 0.6) is 0 Å². The number of unbranched alkanes of at least 4 members (excludes halogenated alkanes) is 9. The molecule has 0 amide bonds. The first-order valence-electron chi connectivity index (χ1n) is 8.94. The number of hydrogen-bond donors (Lipinski definition) is 1. The number of hydrogen-bond acceptors (Lipinski definition) is 2. The third-order valence-corrected chi connectivity index (χ3v) is 3.94. The molecule has 0 aromatic heterocycles. The number of rotatable bonds is 16. The highest BCUT2D eigenvalue weighted by atomic mass is 19.3. The molecule has 0 saturated carbocycles. The van der Waals surface area contributed by atoms with E-state index in [2.05, 4.69) is 18.2 Å². The lowest BCUT2D eigenvalue weighted by molar-refractivity contribution is -0.346. The molecule has 0 aliphatic heterocycles. The minimum atomic E-state index is -4.70. The molecule has 0 heterocycles. The van der Waals surface area contributed by atoms with E-state index in [0.29, 0.717) is 6.42 Å². The van der Waals surface area contributed by atoms with Gasteiger partial charge in [0.15, 0.2) is 0 Å². The maximum atomic E-state index is 13.4. The number of ether oxygens (including phenoxy) is 1. The van der Waals surface area contributed by atoms with Gasteiger partial charge in [0.25, 0.3) is 0 Å². The summed E-state index contributed by atoms with van der Waals surface area (Å²) in [5, 5.41) is 8.47. The first-order valence-corrected chi connectivity index (χ1v) is 8.94. The van der Waals surface area contributed by atoms with Crippen LogP contribution in [0.15, 0.2) is 12.2 Å². The number of aliphatic carboxylic acids is 1. The van der Waals surface area contributed by atoms with Crippen LogP contribution in [-0.4, -0.2) is 29.7 Å². The van der Waals surface area contributed by atoms with Crippen LogP contribution in [0.4, 0.5) is 17.6 Å². The Morgan fingerprint density at radius 2 is 1.36 bits per heavy atom. The molecular weight excluding hydrogens is 340 g/mol. The Hall–Kier alpha value is -1.11. The minimum Gasteiger partial charge on any atom is -0.478 e. The molecule has 148 valence electrons. The van der Waals surface area contributed by atoms with Crippen molar-refractivity contribution in [2.45, 2.75) is 89.6 Å². The Labute approximate surface area is 147 Å². The second-order valence-corrected chi connectivity index (χ2v) is 6.34. The smallest absolute Gasteiger partial charge is 0.419 e. The highest BCUT2D eigenvalue weighted by Gasteiger charge is 2.58. The Morgan fingerprint density at radius 3 is 1.80 bits per heavy atom. The van der Waals surface area contributed by atoms with Crippen LogP contribution in [0.3, 0.4) is 0 Å². The molecule has 0 rings (SSSR count). The maximum absolute atomic E-state index is 13.4. The predicted molar refractivity (Wildman–Crippen MR) is 89.1 cm³/mol. The molecular formula is C18H30F4O3. The van der Waals surface area contributed by atoms with E-state index in [9.17, 15) is 22.4 Å². The Balaban J connectivity index is 3.84. The molecule has 3 nitrogen and oxygen atoms in total. The third-order valence-electron chi connectivity index (χ3n) is 3.94. The summed E-state index contributed by atoms with van der Waals surface area (Å²) < 4.78 is 57.7. The summed E-state index contributed by atoms with van der Waals surface area (Å²) in [6, 6.07) is 0. The van der Waals surface area contributed by atoms with E-state index < -0.39 is 36.6 Å². The summed E-state index contributed by atoms with van der Waals surface area (Å²) in [6.45, 7) is 4.52. The standard InChI is InChI=1S/C18H30F4O3/c1-3-4-5-6-7-8-9-10-11-12-13-25-18(21,22)17(19,20)14-15(2)16(23)24/h2-14H2,1H3,(H,23,24). The van der Waals surface area contributed by atoms with Crippen molar-refractivity contribution in [2.24, 2.45) is 0 Å². The van der Waals surface area contributed by atoms with Gasteiger partial charge in [-0.25, -0.2) is 4.79 Å². The van der Waals surface area contributed by atoms with Gasteiger partial charge < -0.3 is 9.84 Å². The van der Waals surface area contributed by atoms with Crippen LogP contribution in [0.1, 0.15) is 77.6 Å². The Bertz CT molecular complexity index is 398. The normalized spacial score (nSPS) is 12.4. The minimum absolute atomic E-state index is 0.265. The molecule has 0 radical (unpaired) electrons. The first-order chi connectivity index (χ1) is 11.6. The van der Waals surface area contributed by atoms with Crippen LogP contribution in [0.2, 0.25) is 0 Å². The molecule has 0 aliphatic carbocycles. The lowest BCUT2D eigenvalue weighted by Crippen LogP contribution is -2.43. The second kappa shape index (κ2) is 12.3. The van der Waals surface area contributed by atoms with Crippen molar-refractivity contribution < 1.29 is 32.2 Å². The zero-order chi connectivity index (χ0) is 19.3. The number of carboxylic acids is 1. The molecule has 0 spiro atoms. The fourth-order valence-electron chi connectivity index (χ4n) is 2.34. The van der Waals surface area contributed by atoms with Crippen LogP contribution in [0, 0.1) is 0 Å². The SMILES string of the molecule is C=C(CC(F)(F)C(F)(F)OCCCCCCCCCCCC)C(=O)O. The lowest BCUT2D eigenvalue weighted by Gasteiger charge is -2.26. The summed E-state index contributed by atoms with van der Waals surface area (Å²) in [4.78, 5) is 10.4. The molecule has 7 heteroatoms. The van der Waals surface area contributed by atoms with Gasteiger partial charge in [-0.1, -0.05) is 71.3 Å². The predicted octanol–water partition coefficient (Wildman–Crippen LogP) is 6.18. The fraction of sp³-hybridized carbons (Fsp3) is 0.833. The topological polar surface area (TPSA) is 46.5 Å². The van der Waals surface area contributed by atoms with Gasteiger partial charge in [-0.15, -0.1) is 0 Å². The quantitative estimate of drug-likeness (QED) is 0.200. The first kappa shape index (κ1) is 23.9.